The summed E-state index contributed by atoms with van der Waals surface area (Å²) in [6.45, 7) is 3.32. The third-order valence-corrected chi connectivity index (χ3v) is 3.38. The maximum absolute atomic E-state index is 12.2. The van der Waals surface area contributed by atoms with Crippen molar-refractivity contribution in [3.63, 3.8) is 0 Å². The Bertz CT molecular complexity index is 293. The maximum Gasteiger partial charge on any atom is 0.248 e. The van der Waals surface area contributed by atoms with E-state index in [1.54, 1.807) is 14.0 Å². The van der Waals surface area contributed by atoms with Crippen LogP contribution < -0.4 is 0 Å². The molecule has 1 fully saturated rings. The number of methoxy groups -OCH3 is 1. The zero-order valence-electron chi connectivity index (χ0n) is 12.0. The monoisotopic (exact) mass is 271 g/mol. The van der Waals surface area contributed by atoms with Gasteiger partial charge in [0.2, 0.25) is 5.91 Å². The van der Waals surface area contributed by atoms with E-state index in [0.29, 0.717) is 19.6 Å². The number of hydrogen-bond acceptors (Lipinski definition) is 4. The van der Waals surface area contributed by atoms with Gasteiger partial charge in [-0.25, -0.2) is 0 Å². The van der Waals surface area contributed by atoms with Crippen LogP contribution in [0.1, 0.15) is 39.0 Å². The van der Waals surface area contributed by atoms with Crippen LogP contribution in [0.2, 0.25) is 0 Å². The van der Waals surface area contributed by atoms with Gasteiger partial charge >= 0.3 is 0 Å². The van der Waals surface area contributed by atoms with Gasteiger partial charge in [0.25, 0.3) is 0 Å². The minimum absolute atomic E-state index is 0.00995. The van der Waals surface area contributed by atoms with Crippen LogP contribution in [-0.2, 0) is 19.1 Å². The number of carbonyl (C=O) groups excluding carboxylic acids is 2. The first-order valence-corrected chi connectivity index (χ1v) is 7.00. The lowest BCUT2D eigenvalue weighted by molar-refractivity contribution is -0.139. The molecular formula is C14H25NO4. The zero-order valence-corrected chi connectivity index (χ0v) is 12.0. The lowest BCUT2D eigenvalue weighted by Gasteiger charge is -2.29. The summed E-state index contributed by atoms with van der Waals surface area (Å²) in [5.41, 5.74) is 0. The molecule has 0 aromatic carbocycles. The highest BCUT2D eigenvalue weighted by Gasteiger charge is 2.26. The molecule has 0 bridgehead atoms. The Kier molecular flexibility index (Phi) is 7.67. The first-order valence-electron chi connectivity index (χ1n) is 7.00. The van der Waals surface area contributed by atoms with Gasteiger partial charge < -0.3 is 14.4 Å². The Morgan fingerprint density at radius 2 is 2.00 bits per heavy atom. The van der Waals surface area contributed by atoms with Gasteiger partial charge in [0.15, 0.2) is 0 Å². The molecule has 5 nitrogen and oxygen atoms in total. The lowest BCUT2D eigenvalue weighted by atomic mass is 10.0. The van der Waals surface area contributed by atoms with Gasteiger partial charge in [-0.2, -0.15) is 0 Å². The number of likely N-dealkylation sites (tertiary alicyclic amines) is 1. The molecule has 1 atom stereocenters. The van der Waals surface area contributed by atoms with Crippen LogP contribution in [-0.4, -0.2) is 56.1 Å². The highest BCUT2D eigenvalue weighted by molar-refractivity contribution is 5.80. The van der Waals surface area contributed by atoms with Gasteiger partial charge in [0.05, 0.1) is 13.2 Å². The van der Waals surface area contributed by atoms with Crippen molar-refractivity contribution in [1.29, 1.82) is 0 Å². The Balaban J connectivity index is 2.48. The molecule has 1 aliphatic heterocycles. The summed E-state index contributed by atoms with van der Waals surface area (Å²) < 4.78 is 10.2. The Morgan fingerprint density at radius 1 is 1.21 bits per heavy atom. The van der Waals surface area contributed by atoms with Crippen molar-refractivity contribution in [1.82, 2.24) is 4.90 Å². The molecule has 1 amide bonds. The van der Waals surface area contributed by atoms with Crippen LogP contribution in [0.5, 0.6) is 0 Å². The second kappa shape index (κ2) is 9.04. The predicted octanol–water partition coefficient (Wildman–Crippen LogP) is 1.40. The molecule has 0 spiro atoms. The molecule has 1 heterocycles. The largest absolute Gasteiger partial charge is 0.382 e. The van der Waals surface area contributed by atoms with Crippen molar-refractivity contribution in [2.75, 3.05) is 33.5 Å². The number of Topliss-reactive ketones (excluding diaryl/α,β-unsaturated/α-hetero) is 1. The molecule has 0 aromatic rings. The van der Waals surface area contributed by atoms with Crippen molar-refractivity contribution in [2.24, 2.45) is 0 Å². The van der Waals surface area contributed by atoms with Gasteiger partial charge in [-0.15, -0.1) is 0 Å². The number of ether oxygens (including phenoxy) is 2. The van der Waals surface area contributed by atoms with Gasteiger partial charge in [-0.1, -0.05) is 12.8 Å². The fourth-order valence-corrected chi connectivity index (χ4v) is 2.43. The second-order valence-electron chi connectivity index (χ2n) is 5.04. The summed E-state index contributed by atoms with van der Waals surface area (Å²) in [5, 5.41) is 0. The second-order valence-corrected chi connectivity index (χ2v) is 5.04. The van der Waals surface area contributed by atoms with E-state index in [9.17, 15) is 9.59 Å². The van der Waals surface area contributed by atoms with Gasteiger partial charge in [-0.3, -0.25) is 9.59 Å². The summed E-state index contributed by atoms with van der Waals surface area (Å²) in [7, 11) is 1.60. The molecule has 0 saturated carbocycles. The third-order valence-electron chi connectivity index (χ3n) is 3.38. The summed E-state index contributed by atoms with van der Waals surface area (Å²) in [6, 6.07) is 0.0542. The number of carbonyl (C=O) groups is 2. The maximum atomic E-state index is 12.2. The van der Waals surface area contributed by atoms with Crippen molar-refractivity contribution in [3.05, 3.63) is 0 Å². The number of nitrogens with zero attached hydrogens (tertiary/aromatic N) is 1. The zero-order chi connectivity index (χ0) is 14.1. The Morgan fingerprint density at radius 3 is 2.68 bits per heavy atom. The SMILES string of the molecule is COCCOCC(=O)N1CCCCCC1CC(C)=O. The van der Waals surface area contributed by atoms with E-state index in [4.69, 9.17) is 9.47 Å². The van der Waals surface area contributed by atoms with Crippen LogP contribution in [0, 0.1) is 0 Å². The molecule has 5 heteroatoms. The predicted molar refractivity (Wildman–Crippen MR) is 72.0 cm³/mol. The molecule has 1 rings (SSSR count). The molecule has 19 heavy (non-hydrogen) atoms. The molecule has 0 aliphatic carbocycles. The average Bonchev–Trinajstić information content (AvgIpc) is 2.59. The van der Waals surface area contributed by atoms with Crippen LogP contribution in [0.15, 0.2) is 0 Å². The highest BCUT2D eigenvalue weighted by Crippen LogP contribution is 2.19. The number of amides is 1. The smallest absolute Gasteiger partial charge is 0.248 e. The van der Waals surface area contributed by atoms with Crippen molar-refractivity contribution >= 4 is 11.7 Å². The molecule has 0 radical (unpaired) electrons. The molecular weight excluding hydrogens is 246 g/mol. The molecule has 1 unspecified atom stereocenters. The Labute approximate surface area is 115 Å². The van der Waals surface area contributed by atoms with Crippen LogP contribution in [0.3, 0.4) is 0 Å². The van der Waals surface area contributed by atoms with E-state index >= 15 is 0 Å². The molecule has 1 aliphatic rings. The summed E-state index contributed by atoms with van der Waals surface area (Å²) in [5.74, 6) is 0.134. The number of ketones is 1. The summed E-state index contributed by atoms with van der Waals surface area (Å²) in [4.78, 5) is 25.3. The fraction of sp³-hybridized carbons (Fsp3) is 0.857. The lowest BCUT2D eigenvalue weighted by Crippen LogP contribution is -2.43. The molecule has 1 saturated heterocycles. The first kappa shape index (κ1) is 16.1. The van der Waals surface area contributed by atoms with Crippen molar-refractivity contribution in [2.45, 2.75) is 45.1 Å². The van der Waals surface area contributed by atoms with Gasteiger partial charge in [-0.05, 0) is 19.8 Å². The van der Waals surface area contributed by atoms with Crippen LogP contribution in [0.4, 0.5) is 0 Å². The van der Waals surface area contributed by atoms with Crippen LogP contribution >= 0.6 is 0 Å². The Hall–Kier alpha value is -0.940. The molecule has 0 N–H and O–H groups in total. The van der Waals surface area contributed by atoms with Crippen molar-refractivity contribution in [3.8, 4) is 0 Å². The summed E-state index contributed by atoms with van der Waals surface area (Å²) >= 11 is 0. The quantitative estimate of drug-likeness (QED) is 0.657. The first-order chi connectivity index (χ1) is 9.15. The van der Waals surface area contributed by atoms with Crippen LogP contribution in [0.25, 0.3) is 0 Å². The van der Waals surface area contributed by atoms with E-state index in [0.717, 1.165) is 32.2 Å². The number of hydrogen-bond donors (Lipinski definition) is 0. The van der Waals surface area contributed by atoms with E-state index < -0.39 is 0 Å². The summed E-state index contributed by atoms with van der Waals surface area (Å²) in [6.07, 6.45) is 4.61. The van der Waals surface area contributed by atoms with Gasteiger partial charge in [0.1, 0.15) is 12.4 Å². The average molecular weight is 271 g/mol. The van der Waals surface area contributed by atoms with E-state index in [1.165, 1.54) is 0 Å². The topological polar surface area (TPSA) is 55.8 Å². The molecule has 0 aromatic heterocycles. The van der Waals surface area contributed by atoms with E-state index in [2.05, 4.69) is 0 Å². The highest BCUT2D eigenvalue weighted by atomic mass is 16.5. The number of rotatable bonds is 7. The van der Waals surface area contributed by atoms with E-state index in [1.807, 2.05) is 4.90 Å². The minimum atomic E-state index is -0.00995. The van der Waals surface area contributed by atoms with Crippen molar-refractivity contribution < 1.29 is 19.1 Å². The van der Waals surface area contributed by atoms with Gasteiger partial charge in [0, 0.05) is 26.1 Å². The minimum Gasteiger partial charge on any atom is -0.382 e. The standard InChI is InChI=1S/C14H25NO4/c1-12(16)10-13-6-4-3-5-7-15(13)14(17)11-19-9-8-18-2/h13H,3-11H2,1-2H3. The molecule has 110 valence electrons. The normalized spacial score (nSPS) is 20.1. The van der Waals surface area contributed by atoms with E-state index in [-0.39, 0.29) is 24.3 Å². The third kappa shape index (κ3) is 6.16. The fourth-order valence-electron chi connectivity index (χ4n) is 2.43.